The van der Waals surface area contributed by atoms with Crippen LogP contribution in [-0.4, -0.2) is 88.3 Å². The normalized spacial score (nSPS) is 20.9. The molecule has 3 amide bonds. The van der Waals surface area contributed by atoms with Gasteiger partial charge in [-0.3, -0.25) is 19.3 Å². The number of rotatable bonds is 9. The minimum absolute atomic E-state index is 0.0414. The molecule has 3 aliphatic rings. The highest BCUT2D eigenvalue weighted by Gasteiger charge is 2.51. The third-order valence-corrected chi connectivity index (χ3v) is 9.05. The first-order chi connectivity index (χ1) is 20.4. The maximum atomic E-state index is 14.0. The molecule has 10 nitrogen and oxygen atoms in total. The Morgan fingerprint density at radius 1 is 1.14 bits per heavy atom. The van der Waals surface area contributed by atoms with Gasteiger partial charge in [-0.1, -0.05) is 46.8 Å². The Morgan fingerprint density at radius 2 is 1.88 bits per heavy atom. The molecule has 2 aliphatic heterocycles. The van der Waals surface area contributed by atoms with Crippen molar-refractivity contribution in [2.75, 3.05) is 33.2 Å². The fourth-order valence-electron chi connectivity index (χ4n) is 6.21. The predicted octanol–water partition coefficient (Wildman–Crippen LogP) is 3.99. The van der Waals surface area contributed by atoms with Crippen LogP contribution in [0.15, 0.2) is 34.9 Å². The Hall–Kier alpha value is -3.40. The average molecular weight is 594 g/mol. The Morgan fingerprint density at radius 3 is 2.56 bits per heavy atom. The summed E-state index contributed by atoms with van der Waals surface area (Å²) in [6, 6.07) is 5.73. The number of nitrogens with zero attached hydrogens (tertiary/aromatic N) is 4. The number of hydrogen-bond acceptors (Lipinski definition) is 7. The van der Waals surface area contributed by atoms with Crippen LogP contribution in [0, 0.1) is 5.92 Å². The van der Waals surface area contributed by atoms with E-state index in [1.54, 1.807) is 35.4 Å². The molecule has 0 radical (unpaired) electrons. The van der Waals surface area contributed by atoms with Crippen molar-refractivity contribution in [1.82, 2.24) is 25.0 Å². The number of carbonyl (C=O) groups excluding carboxylic acids is 3. The van der Waals surface area contributed by atoms with Crippen molar-refractivity contribution in [3.8, 4) is 5.75 Å². The molecule has 10 heteroatoms. The molecule has 3 fully saturated rings. The standard InChI is InChI=1S/C33H47N5O5/c1-22(2)18-24(30(40)38-15-9-11-25(38)31(41)37-17-16-36(6)33(21-37)13-14-33)35-29(39)23-10-7-8-12-26(23)42-20-28-34-19-27(43-28)32(3,4)5/h7-8,10,12,19,22,24-25H,9,11,13-18,20-21H2,1-6H3,(H,35,39)/t24-,25-/m1/s1. The summed E-state index contributed by atoms with van der Waals surface area (Å²) >= 11 is 0. The molecule has 0 unspecified atom stereocenters. The number of ether oxygens (including phenoxy) is 1. The topological polar surface area (TPSA) is 108 Å². The maximum absolute atomic E-state index is 14.0. The number of amides is 3. The number of carbonyl (C=O) groups is 3. The van der Waals surface area contributed by atoms with Gasteiger partial charge in [-0.15, -0.1) is 0 Å². The summed E-state index contributed by atoms with van der Waals surface area (Å²) in [5.41, 5.74) is 0.268. The van der Waals surface area contributed by atoms with Crippen LogP contribution in [0.25, 0.3) is 0 Å². The molecule has 234 valence electrons. The highest BCUT2D eigenvalue weighted by atomic mass is 16.5. The minimum atomic E-state index is -0.752. The Bertz CT molecular complexity index is 1330. The van der Waals surface area contributed by atoms with Crippen molar-refractivity contribution in [3.05, 3.63) is 47.7 Å². The lowest BCUT2D eigenvalue weighted by Crippen LogP contribution is -2.59. The SMILES string of the molecule is CC(C)C[C@@H](NC(=O)c1ccccc1OCc1ncc(C(C)(C)C)o1)C(=O)N1CCC[C@@H]1C(=O)N1CCN(C)C2(CC2)C1. The van der Waals surface area contributed by atoms with E-state index in [4.69, 9.17) is 9.15 Å². The van der Waals surface area contributed by atoms with Gasteiger partial charge in [0.05, 0.1) is 11.8 Å². The van der Waals surface area contributed by atoms with Crippen molar-refractivity contribution in [1.29, 1.82) is 0 Å². The second kappa shape index (κ2) is 12.3. The molecule has 2 atom stereocenters. The molecule has 1 N–H and O–H groups in total. The Balaban J connectivity index is 1.27. The molecule has 2 saturated heterocycles. The van der Waals surface area contributed by atoms with Crippen LogP contribution in [-0.2, 0) is 21.6 Å². The van der Waals surface area contributed by atoms with Gasteiger partial charge in [-0.05, 0) is 57.2 Å². The molecule has 1 aromatic heterocycles. The average Bonchev–Trinajstić information content (AvgIpc) is 3.34. The first-order valence-corrected chi connectivity index (χ1v) is 15.7. The molecule has 5 rings (SSSR count). The number of oxazole rings is 1. The molecule has 1 spiro atoms. The summed E-state index contributed by atoms with van der Waals surface area (Å²) in [6.45, 7) is 13.0. The Labute approximate surface area is 255 Å². The number of para-hydroxylation sites is 1. The quantitative estimate of drug-likeness (QED) is 0.468. The van der Waals surface area contributed by atoms with Gasteiger partial charge in [0.2, 0.25) is 17.7 Å². The van der Waals surface area contributed by atoms with Gasteiger partial charge in [-0.25, -0.2) is 4.98 Å². The molecular formula is C33H47N5O5. The van der Waals surface area contributed by atoms with Crippen LogP contribution < -0.4 is 10.1 Å². The van der Waals surface area contributed by atoms with E-state index in [1.807, 2.05) is 39.5 Å². The zero-order chi connectivity index (χ0) is 30.9. The second-order valence-corrected chi connectivity index (χ2v) is 13.9. The summed E-state index contributed by atoms with van der Waals surface area (Å²) in [5.74, 6) is 1.17. The Kier molecular flexibility index (Phi) is 8.88. The van der Waals surface area contributed by atoms with Gasteiger partial charge in [0.25, 0.3) is 5.91 Å². The van der Waals surface area contributed by atoms with Crippen LogP contribution in [0.1, 0.15) is 88.7 Å². The van der Waals surface area contributed by atoms with E-state index < -0.39 is 18.0 Å². The zero-order valence-electron chi connectivity index (χ0n) is 26.5. The monoisotopic (exact) mass is 593 g/mol. The van der Waals surface area contributed by atoms with Crippen molar-refractivity contribution >= 4 is 17.7 Å². The van der Waals surface area contributed by atoms with E-state index in [-0.39, 0.29) is 35.3 Å². The van der Waals surface area contributed by atoms with Gasteiger partial charge < -0.3 is 24.3 Å². The molecule has 2 aromatic rings. The first kappa shape index (κ1) is 31.0. The fraction of sp³-hybridized carbons (Fsp3) is 0.636. The highest BCUT2D eigenvalue weighted by molar-refractivity contribution is 6.00. The van der Waals surface area contributed by atoms with E-state index >= 15 is 0 Å². The van der Waals surface area contributed by atoms with E-state index in [2.05, 4.69) is 22.2 Å². The predicted molar refractivity (Wildman–Crippen MR) is 163 cm³/mol. The van der Waals surface area contributed by atoms with Crippen LogP contribution in [0.3, 0.4) is 0 Å². The number of likely N-dealkylation sites (tertiary alicyclic amines) is 1. The smallest absolute Gasteiger partial charge is 0.255 e. The van der Waals surface area contributed by atoms with E-state index in [0.29, 0.717) is 43.1 Å². The lowest BCUT2D eigenvalue weighted by atomic mass is 9.94. The number of aromatic nitrogens is 1. The van der Waals surface area contributed by atoms with Crippen molar-refractivity contribution in [2.24, 2.45) is 5.92 Å². The zero-order valence-corrected chi connectivity index (χ0v) is 26.5. The number of hydrogen-bond donors (Lipinski definition) is 1. The van der Waals surface area contributed by atoms with Crippen molar-refractivity contribution < 1.29 is 23.5 Å². The van der Waals surface area contributed by atoms with Gasteiger partial charge in [0.1, 0.15) is 23.6 Å². The fourth-order valence-corrected chi connectivity index (χ4v) is 6.21. The summed E-state index contributed by atoms with van der Waals surface area (Å²) in [7, 11) is 2.14. The molecule has 0 bridgehead atoms. The molecule has 1 saturated carbocycles. The van der Waals surface area contributed by atoms with Gasteiger partial charge in [-0.2, -0.15) is 0 Å². The summed E-state index contributed by atoms with van der Waals surface area (Å²) in [6.07, 6.45) is 5.82. The third-order valence-electron chi connectivity index (χ3n) is 9.05. The summed E-state index contributed by atoms with van der Waals surface area (Å²) in [5, 5.41) is 2.99. The highest BCUT2D eigenvalue weighted by Crippen LogP contribution is 2.43. The number of benzene rings is 1. The number of nitrogens with one attached hydrogen (secondary N) is 1. The lowest BCUT2D eigenvalue weighted by molar-refractivity contribution is -0.146. The molecule has 3 heterocycles. The third kappa shape index (κ3) is 6.89. The van der Waals surface area contributed by atoms with Crippen LogP contribution in [0.2, 0.25) is 0 Å². The molecule has 1 aliphatic carbocycles. The molecular weight excluding hydrogens is 546 g/mol. The van der Waals surface area contributed by atoms with Crippen LogP contribution >= 0.6 is 0 Å². The largest absolute Gasteiger partial charge is 0.483 e. The first-order valence-electron chi connectivity index (χ1n) is 15.7. The second-order valence-electron chi connectivity index (χ2n) is 13.9. The van der Waals surface area contributed by atoms with E-state index in [0.717, 1.165) is 38.1 Å². The number of piperazine rings is 1. The van der Waals surface area contributed by atoms with Crippen LogP contribution in [0.5, 0.6) is 5.75 Å². The van der Waals surface area contributed by atoms with E-state index in [9.17, 15) is 14.4 Å². The summed E-state index contributed by atoms with van der Waals surface area (Å²) < 4.78 is 11.8. The van der Waals surface area contributed by atoms with Gasteiger partial charge in [0, 0.05) is 37.1 Å². The summed E-state index contributed by atoms with van der Waals surface area (Å²) in [4.78, 5) is 51.7. The molecule has 1 aromatic carbocycles. The maximum Gasteiger partial charge on any atom is 0.255 e. The van der Waals surface area contributed by atoms with Gasteiger partial charge in [0.15, 0.2) is 6.61 Å². The minimum Gasteiger partial charge on any atom is -0.483 e. The lowest BCUT2D eigenvalue weighted by Gasteiger charge is -2.42. The van der Waals surface area contributed by atoms with Gasteiger partial charge >= 0.3 is 0 Å². The van der Waals surface area contributed by atoms with Crippen LogP contribution in [0.4, 0.5) is 0 Å². The van der Waals surface area contributed by atoms with E-state index in [1.165, 1.54) is 0 Å². The van der Waals surface area contributed by atoms with Crippen molar-refractivity contribution in [2.45, 2.75) is 96.4 Å². The molecule has 43 heavy (non-hydrogen) atoms. The number of likely N-dealkylation sites (N-methyl/N-ethyl adjacent to an activating group) is 1. The van der Waals surface area contributed by atoms with Crippen molar-refractivity contribution in [3.63, 3.8) is 0 Å².